The zero-order chi connectivity index (χ0) is 25.2. The quantitative estimate of drug-likeness (QED) is 0.535. The van der Waals surface area contributed by atoms with Crippen LogP contribution in [0.15, 0.2) is 41.8 Å². The molecule has 2 aliphatic heterocycles. The second-order valence-corrected chi connectivity index (χ2v) is 11.9. The van der Waals surface area contributed by atoms with Gasteiger partial charge in [-0.05, 0) is 66.2 Å². The third-order valence-electron chi connectivity index (χ3n) is 7.49. The molecule has 4 rings (SSSR count). The lowest BCUT2D eigenvalue weighted by Gasteiger charge is -2.41. The lowest BCUT2D eigenvalue weighted by molar-refractivity contribution is -0.134. The zero-order valence-electron chi connectivity index (χ0n) is 21.3. The van der Waals surface area contributed by atoms with Crippen molar-refractivity contribution in [1.29, 1.82) is 0 Å². The van der Waals surface area contributed by atoms with E-state index in [0.717, 1.165) is 6.42 Å². The van der Waals surface area contributed by atoms with Gasteiger partial charge in [-0.25, -0.2) is 4.79 Å². The van der Waals surface area contributed by atoms with Crippen LogP contribution in [0.25, 0.3) is 0 Å². The largest absolute Gasteiger partial charge is 0.339 e. The molecule has 0 saturated carbocycles. The summed E-state index contributed by atoms with van der Waals surface area (Å²) in [5, 5.41) is 5.11. The molecule has 35 heavy (non-hydrogen) atoms. The van der Waals surface area contributed by atoms with E-state index in [2.05, 4.69) is 33.0 Å². The van der Waals surface area contributed by atoms with Gasteiger partial charge in [0.05, 0.1) is 0 Å². The minimum Gasteiger partial charge on any atom is -0.339 e. The van der Waals surface area contributed by atoms with Gasteiger partial charge in [0.1, 0.15) is 5.54 Å². The number of amides is 4. The number of nitrogens with one attached hydrogen (secondary N) is 1. The summed E-state index contributed by atoms with van der Waals surface area (Å²) in [6.45, 7) is 10.1. The topological polar surface area (TPSA) is 69.7 Å². The average molecular weight is 496 g/mol. The smallest absolute Gasteiger partial charge is 0.325 e. The molecule has 7 heteroatoms. The van der Waals surface area contributed by atoms with E-state index in [9.17, 15) is 14.4 Å². The molecular formula is C28H37N3O3S. The molecule has 3 heterocycles. The summed E-state index contributed by atoms with van der Waals surface area (Å²) in [7, 11) is 0. The van der Waals surface area contributed by atoms with Crippen molar-refractivity contribution in [2.45, 2.75) is 70.8 Å². The first-order valence-corrected chi connectivity index (χ1v) is 13.6. The van der Waals surface area contributed by atoms with Crippen LogP contribution in [-0.4, -0.2) is 52.8 Å². The monoisotopic (exact) mass is 495 g/mol. The van der Waals surface area contributed by atoms with Gasteiger partial charge in [0.2, 0.25) is 0 Å². The Balaban J connectivity index is 1.42. The summed E-state index contributed by atoms with van der Waals surface area (Å²) in [6.07, 6.45) is 3.52. The van der Waals surface area contributed by atoms with Gasteiger partial charge in [0, 0.05) is 30.1 Å². The molecule has 0 bridgehead atoms. The Bertz CT molecular complexity index is 1050. The Morgan fingerprint density at radius 2 is 1.80 bits per heavy atom. The average Bonchev–Trinajstić information content (AvgIpc) is 3.44. The number of imide groups is 1. The third-order valence-corrected chi connectivity index (χ3v) is 8.42. The van der Waals surface area contributed by atoms with Crippen molar-refractivity contribution in [3.05, 3.63) is 57.8 Å². The van der Waals surface area contributed by atoms with Gasteiger partial charge in [-0.1, -0.05) is 52.3 Å². The van der Waals surface area contributed by atoms with Gasteiger partial charge in [-0.2, -0.15) is 0 Å². The molecule has 0 radical (unpaired) electrons. The SMILES string of the molecule is CCC[C@]1(C2CCN(C(=O)c3ccc(C(C)(C)C)cc3)CC2)NC(=O)N(CCc2cccs2)C1=O. The second-order valence-electron chi connectivity index (χ2n) is 10.8. The minimum atomic E-state index is -0.856. The maximum absolute atomic E-state index is 13.6. The predicted molar refractivity (Wildman–Crippen MR) is 140 cm³/mol. The molecule has 2 aliphatic rings. The number of carbonyl (C=O) groups excluding carboxylic acids is 3. The maximum Gasteiger partial charge on any atom is 0.325 e. The fourth-order valence-corrected chi connectivity index (χ4v) is 6.14. The Labute approximate surface area is 212 Å². The van der Waals surface area contributed by atoms with Crippen LogP contribution in [0.4, 0.5) is 4.79 Å². The van der Waals surface area contributed by atoms with Crippen LogP contribution in [0.1, 0.15) is 74.2 Å². The summed E-state index contributed by atoms with van der Waals surface area (Å²) < 4.78 is 0. The fraction of sp³-hybridized carbons (Fsp3) is 0.536. The van der Waals surface area contributed by atoms with Crippen molar-refractivity contribution < 1.29 is 14.4 Å². The highest BCUT2D eigenvalue weighted by atomic mass is 32.1. The van der Waals surface area contributed by atoms with Crippen molar-refractivity contribution >= 4 is 29.2 Å². The van der Waals surface area contributed by atoms with E-state index in [0.29, 0.717) is 50.9 Å². The number of hydrogen-bond acceptors (Lipinski definition) is 4. The summed E-state index contributed by atoms with van der Waals surface area (Å²) in [5.74, 6) is -0.0331. The normalized spacial score (nSPS) is 21.5. The first kappa shape index (κ1) is 25.4. The number of hydrogen-bond donors (Lipinski definition) is 1. The number of rotatable bonds is 7. The number of piperidine rings is 1. The Kier molecular flexibility index (Phi) is 7.36. The van der Waals surface area contributed by atoms with Gasteiger partial charge < -0.3 is 10.2 Å². The maximum atomic E-state index is 13.6. The Morgan fingerprint density at radius 1 is 1.11 bits per heavy atom. The lowest BCUT2D eigenvalue weighted by atomic mass is 9.74. The van der Waals surface area contributed by atoms with Crippen LogP contribution in [0, 0.1) is 5.92 Å². The van der Waals surface area contributed by atoms with E-state index < -0.39 is 5.54 Å². The molecule has 1 aromatic carbocycles. The van der Waals surface area contributed by atoms with Crippen LogP contribution >= 0.6 is 11.3 Å². The number of thiophene rings is 1. The number of benzene rings is 1. The molecule has 2 saturated heterocycles. The molecule has 0 spiro atoms. The molecule has 1 aromatic heterocycles. The summed E-state index contributed by atoms with van der Waals surface area (Å²) in [5.41, 5.74) is 1.09. The lowest BCUT2D eigenvalue weighted by Crippen LogP contribution is -2.56. The van der Waals surface area contributed by atoms with Gasteiger partial charge in [0.15, 0.2) is 0 Å². The fourth-order valence-electron chi connectivity index (χ4n) is 5.44. The summed E-state index contributed by atoms with van der Waals surface area (Å²) in [4.78, 5) is 44.1. The first-order chi connectivity index (χ1) is 16.7. The molecule has 1 N–H and O–H groups in total. The van der Waals surface area contributed by atoms with Crippen molar-refractivity contribution in [3.8, 4) is 0 Å². The van der Waals surface area contributed by atoms with E-state index >= 15 is 0 Å². The van der Waals surface area contributed by atoms with Gasteiger partial charge in [-0.3, -0.25) is 14.5 Å². The predicted octanol–water partition coefficient (Wildman–Crippen LogP) is 5.23. The second kappa shape index (κ2) is 10.1. The standard InChI is InChI=1S/C28H37N3O3S/c1-5-15-28(25(33)31(26(34)29-28)18-14-23-7-6-19-35-23)22-12-16-30(17-13-22)24(32)20-8-10-21(11-9-20)27(2,3)4/h6-11,19,22H,5,12-18H2,1-4H3,(H,29,34)/t28-/m1/s1. The van der Waals surface area contributed by atoms with Crippen LogP contribution in [0.2, 0.25) is 0 Å². The van der Waals surface area contributed by atoms with E-state index in [1.54, 1.807) is 11.3 Å². The minimum absolute atomic E-state index is 0.0259. The zero-order valence-corrected chi connectivity index (χ0v) is 22.1. The van der Waals surface area contributed by atoms with E-state index in [-0.39, 0.29) is 29.2 Å². The van der Waals surface area contributed by atoms with Gasteiger partial charge >= 0.3 is 6.03 Å². The van der Waals surface area contributed by atoms with Crippen LogP contribution in [0.5, 0.6) is 0 Å². The van der Waals surface area contributed by atoms with Crippen LogP contribution < -0.4 is 5.32 Å². The van der Waals surface area contributed by atoms with E-state index in [4.69, 9.17) is 0 Å². The molecule has 0 unspecified atom stereocenters. The van der Waals surface area contributed by atoms with Crippen LogP contribution in [-0.2, 0) is 16.6 Å². The first-order valence-electron chi connectivity index (χ1n) is 12.7. The Morgan fingerprint density at radius 3 is 2.37 bits per heavy atom. The summed E-state index contributed by atoms with van der Waals surface area (Å²) in [6, 6.07) is 11.6. The van der Waals surface area contributed by atoms with Crippen molar-refractivity contribution in [2.75, 3.05) is 19.6 Å². The molecule has 0 aliphatic carbocycles. The molecular weight excluding hydrogens is 458 g/mol. The Hall–Kier alpha value is -2.67. The van der Waals surface area contributed by atoms with Crippen molar-refractivity contribution in [3.63, 3.8) is 0 Å². The molecule has 1 atom stereocenters. The third kappa shape index (κ3) is 5.15. The number of carbonyl (C=O) groups is 3. The highest BCUT2D eigenvalue weighted by molar-refractivity contribution is 7.09. The molecule has 6 nitrogen and oxygen atoms in total. The summed E-state index contributed by atoms with van der Waals surface area (Å²) >= 11 is 1.64. The molecule has 188 valence electrons. The van der Waals surface area contributed by atoms with Gasteiger partial charge in [0.25, 0.3) is 11.8 Å². The van der Waals surface area contributed by atoms with Crippen molar-refractivity contribution in [2.24, 2.45) is 5.92 Å². The van der Waals surface area contributed by atoms with Crippen molar-refractivity contribution in [1.82, 2.24) is 15.1 Å². The molecule has 2 fully saturated rings. The number of nitrogens with zero attached hydrogens (tertiary/aromatic N) is 2. The number of likely N-dealkylation sites (tertiary alicyclic amines) is 1. The highest BCUT2D eigenvalue weighted by Crippen LogP contribution is 2.37. The number of urea groups is 1. The van der Waals surface area contributed by atoms with E-state index in [1.807, 2.05) is 46.7 Å². The molecule has 2 aromatic rings. The molecule has 4 amide bonds. The van der Waals surface area contributed by atoms with E-state index in [1.165, 1.54) is 15.3 Å². The van der Waals surface area contributed by atoms with Gasteiger partial charge in [-0.15, -0.1) is 11.3 Å². The highest BCUT2D eigenvalue weighted by Gasteiger charge is 2.55. The van der Waals surface area contributed by atoms with Crippen LogP contribution in [0.3, 0.4) is 0 Å².